The zero-order chi connectivity index (χ0) is 17.0. The molecule has 0 aliphatic carbocycles. The average Bonchev–Trinajstić information content (AvgIpc) is 2.26. The fourth-order valence-corrected chi connectivity index (χ4v) is 2.46. The third-order valence-corrected chi connectivity index (χ3v) is 3.22. The van der Waals surface area contributed by atoms with Crippen molar-refractivity contribution in [3.63, 3.8) is 0 Å². The molecule has 1 amide bonds. The van der Waals surface area contributed by atoms with Gasteiger partial charge in [0.2, 0.25) is 5.91 Å². The molecule has 0 aromatic heterocycles. The zero-order valence-corrected chi connectivity index (χ0v) is 15.4. The van der Waals surface area contributed by atoms with Crippen molar-refractivity contribution in [3.05, 3.63) is 29.8 Å². The van der Waals surface area contributed by atoms with Gasteiger partial charge in [0.25, 0.3) is 0 Å². The van der Waals surface area contributed by atoms with Crippen LogP contribution in [0.5, 0.6) is 0 Å². The molecule has 0 aliphatic rings. The first-order chi connectivity index (χ1) is 9.96. The van der Waals surface area contributed by atoms with Crippen LogP contribution in [0.3, 0.4) is 0 Å². The first-order valence-electron chi connectivity index (χ1n) is 7.30. The van der Waals surface area contributed by atoms with E-state index in [0.29, 0.717) is 24.9 Å². The molecule has 0 saturated carbocycles. The van der Waals surface area contributed by atoms with Crippen LogP contribution in [0, 0.1) is 0 Å². The summed E-state index contributed by atoms with van der Waals surface area (Å²) in [7, 11) is 0. The molecule has 0 saturated heterocycles. The molecule has 0 bridgehead atoms. The van der Waals surface area contributed by atoms with Gasteiger partial charge in [0, 0.05) is 34.4 Å². The van der Waals surface area contributed by atoms with Gasteiger partial charge in [-0.1, -0.05) is 45.9 Å². The van der Waals surface area contributed by atoms with E-state index in [1.54, 1.807) is 0 Å². The second-order valence-electron chi connectivity index (χ2n) is 6.90. The number of hydrogen-bond acceptors (Lipinski definition) is 4. The highest BCUT2D eigenvalue weighted by Crippen LogP contribution is 2.23. The normalized spacial score (nSPS) is 12.1. The number of carbonyl (C=O) groups excluding carboxylic acids is 2. The van der Waals surface area contributed by atoms with Crippen LogP contribution < -0.4 is 5.32 Å². The molecule has 0 unspecified atom stereocenters. The number of Topliss-reactive ketones (excluding diaryl/α,β-unsaturated/α-hetero) is 1. The Hall–Kier alpha value is -0.940. The summed E-state index contributed by atoms with van der Waals surface area (Å²) in [4.78, 5) is 24.2. The van der Waals surface area contributed by atoms with E-state index in [1.165, 1.54) is 0 Å². The van der Waals surface area contributed by atoms with Gasteiger partial charge in [-0.2, -0.15) is 25.3 Å². The first kappa shape index (κ1) is 19.1. The number of amides is 1. The molecule has 1 rings (SSSR count). The molecule has 0 radical (unpaired) electrons. The maximum Gasteiger partial charge on any atom is 0.225 e. The number of nitrogens with one attached hydrogen (secondary N) is 1. The number of carbonyl (C=O) groups is 2. The maximum absolute atomic E-state index is 12.1. The fraction of sp³-hybridized carbons (Fsp3) is 0.529. The summed E-state index contributed by atoms with van der Waals surface area (Å²) < 4.78 is -0.698. The van der Waals surface area contributed by atoms with E-state index in [-0.39, 0.29) is 21.2 Å². The lowest BCUT2D eigenvalue weighted by Gasteiger charge is -2.18. The molecule has 0 atom stereocenters. The number of ketones is 1. The summed E-state index contributed by atoms with van der Waals surface area (Å²) in [6.07, 6.45) is 0.995. The molecule has 0 aliphatic heterocycles. The predicted molar refractivity (Wildman–Crippen MR) is 99.1 cm³/mol. The molecule has 0 heterocycles. The minimum Gasteiger partial charge on any atom is -0.326 e. The number of anilines is 1. The lowest BCUT2D eigenvalue weighted by Crippen LogP contribution is -2.23. The summed E-state index contributed by atoms with van der Waals surface area (Å²) in [5.74, 6) is 0.00523. The number of benzene rings is 1. The van der Waals surface area contributed by atoms with E-state index in [1.807, 2.05) is 52.0 Å². The number of thiol groups is 2. The Morgan fingerprint density at radius 3 is 2.09 bits per heavy atom. The van der Waals surface area contributed by atoms with Gasteiger partial charge in [-0.15, -0.1) is 0 Å². The summed E-state index contributed by atoms with van der Waals surface area (Å²) in [6, 6.07) is 7.40. The van der Waals surface area contributed by atoms with Crippen LogP contribution in [0.25, 0.3) is 0 Å². The summed E-state index contributed by atoms with van der Waals surface area (Å²) in [6.45, 7) is 7.60. The zero-order valence-electron chi connectivity index (χ0n) is 13.6. The van der Waals surface area contributed by atoms with Crippen molar-refractivity contribution in [3.8, 4) is 0 Å². The van der Waals surface area contributed by atoms with Gasteiger partial charge in [-0.05, 0) is 11.6 Å². The summed E-state index contributed by atoms with van der Waals surface area (Å²) in [5.41, 5.74) is 1.52. The van der Waals surface area contributed by atoms with Crippen molar-refractivity contribution >= 4 is 42.6 Å². The lowest BCUT2D eigenvalue weighted by molar-refractivity contribution is -0.119. The van der Waals surface area contributed by atoms with Crippen LogP contribution >= 0.6 is 25.3 Å². The van der Waals surface area contributed by atoms with E-state index >= 15 is 0 Å². The quantitative estimate of drug-likeness (QED) is 0.659. The van der Waals surface area contributed by atoms with Crippen molar-refractivity contribution in [1.82, 2.24) is 0 Å². The smallest absolute Gasteiger partial charge is 0.225 e. The van der Waals surface area contributed by atoms with Crippen molar-refractivity contribution in [2.75, 3.05) is 5.32 Å². The van der Waals surface area contributed by atoms with Gasteiger partial charge >= 0.3 is 0 Å². The van der Waals surface area contributed by atoms with Gasteiger partial charge in [0.15, 0.2) is 0 Å². The van der Waals surface area contributed by atoms with Gasteiger partial charge in [0.05, 0.1) is 0 Å². The Kier molecular flexibility index (Phi) is 6.56. The SMILES string of the molecule is CC(C)(S)CC(=O)Cc1ccccc1NC(=O)CC(C)(C)S. The first-order valence-corrected chi connectivity index (χ1v) is 8.20. The standard InChI is InChI=1S/C17H25NO2S2/c1-16(2,21)10-13(19)9-12-7-5-6-8-14(12)18-15(20)11-17(3,4)22/h5-8,21-22H,9-11H2,1-4H3,(H,18,20). The molecule has 0 spiro atoms. The topological polar surface area (TPSA) is 46.2 Å². The molecule has 5 heteroatoms. The Labute approximate surface area is 144 Å². The van der Waals surface area contributed by atoms with Gasteiger partial charge in [0.1, 0.15) is 5.78 Å². The summed E-state index contributed by atoms with van der Waals surface area (Å²) in [5, 5.41) is 2.88. The Morgan fingerprint density at radius 2 is 1.55 bits per heavy atom. The van der Waals surface area contributed by atoms with Crippen LogP contribution in [0.4, 0.5) is 5.69 Å². The monoisotopic (exact) mass is 339 g/mol. The van der Waals surface area contributed by atoms with Crippen LogP contribution in [-0.4, -0.2) is 21.2 Å². The van der Waals surface area contributed by atoms with Crippen LogP contribution in [0.15, 0.2) is 24.3 Å². The highest BCUT2D eigenvalue weighted by molar-refractivity contribution is 7.82. The second kappa shape index (κ2) is 7.55. The molecule has 0 fully saturated rings. The number of hydrogen-bond donors (Lipinski definition) is 3. The highest BCUT2D eigenvalue weighted by Gasteiger charge is 2.20. The minimum atomic E-state index is -0.370. The van der Waals surface area contributed by atoms with E-state index in [4.69, 9.17) is 0 Å². The van der Waals surface area contributed by atoms with E-state index in [9.17, 15) is 9.59 Å². The van der Waals surface area contributed by atoms with Gasteiger partial charge in [-0.25, -0.2) is 0 Å². The molecule has 3 nitrogen and oxygen atoms in total. The van der Waals surface area contributed by atoms with Crippen LogP contribution in [0.2, 0.25) is 0 Å². The van der Waals surface area contributed by atoms with E-state index < -0.39 is 0 Å². The molecule has 1 aromatic rings. The fourth-order valence-electron chi connectivity index (χ4n) is 2.14. The van der Waals surface area contributed by atoms with Crippen molar-refractivity contribution in [1.29, 1.82) is 0 Å². The Morgan fingerprint density at radius 1 is 1.00 bits per heavy atom. The van der Waals surface area contributed by atoms with Crippen molar-refractivity contribution < 1.29 is 9.59 Å². The van der Waals surface area contributed by atoms with Gasteiger partial charge in [-0.3, -0.25) is 9.59 Å². The lowest BCUT2D eigenvalue weighted by atomic mass is 9.99. The highest BCUT2D eigenvalue weighted by atomic mass is 32.1. The van der Waals surface area contributed by atoms with Crippen molar-refractivity contribution in [2.45, 2.75) is 56.5 Å². The molecular weight excluding hydrogens is 314 g/mol. The average molecular weight is 340 g/mol. The minimum absolute atomic E-state index is 0.102. The largest absolute Gasteiger partial charge is 0.326 e. The molecule has 1 aromatic carbocycles. The molecule has 122 valence electrons. The third-order valence-electron chi connectivity index (χ3n) is 2.90. The van der Waals surface area contributed by atoms with Gasteiger partial charge < -0.3 is 5.32 Å². The Bertz CT molecular complexity index is 493. The predicted octanol–water partition coefficient (Wildman–Crippen LogP) is 3.93. The van der Waals surface area contributed by atoms with E-state index in [0.717, 1.165) is 5.56 Å². The van der Waals surface area contributed by atoms with Crippen LogP contribution in [0.1, 0.15) is 46.1 Å². The van der Waals surface area contributed by atoms with Crippen molar-refractivity contribution in [2.24, 2.45) is 0 Å². The maximum atomic E-state index is 12.1. The molecular formula is C17H25NO2S2. The van der Waals surface area contributed by atoms with E-state index in [2.05, 4.69) is 30.6 Å². The Balaban J connectivity index is 2.78. The third kappa shape index (κ3) is 7.90. The molecule has 22 heavy (non-hydrogen) atoms. The molecule has 1 N–H and O–H groups in total. The summed E-state index contributed by atoms with van der Waals surface area (Å²) >= 11 is 8.75. The van der Waals surface area contributed by atoms with Crippen LogP contribution in [-0.2, 0) is 16.0 Å². The number of rotatable bonds is 7. The second-order valence-corrected chi connectivity index (χ2v) is 9.32. The number of para-hydroxylation sites is 1.